The highest BCUT2D eigenvalue weighted by Gasteiger charge is 2.20. The second-order valence-electron chi connectivity index (χ2n) is 6.78. The predicted octanol–water partition coefficient (Wildman–Crippen LogP) is 3.16. The third-order valence-electron chi connectivity index (χ3n) is 4.14. The summed E-state index contributed by atoms with van der Waals surface area (Å²) < 4.78 is 40.0. The van der Waals surface area contributed by atoms with E-state index < -0.39 is 28.6 Å². The number of hydrogen-bond donors (Lipinski definition) is 1. The summed E-state index contributed by atoms with van der Waals surface area (Å²) in [5, 5.41) is 6.02. The Labute approximate surface area is 179 Å². The number of amides is 1. The first-order valence-electron chi connectivity index (χ1n) is 9.16. The minimum Gasteiger partial charge on any atom is -0.452 e. The van der Waals surface area contributed by atoms with E-state index in [9.17, 15) is 18.0 Å². The zero-order valence-electron chi connectivity index (χ0n) is 17.0. The van der Waals surface area contributed by atoms with Crippen LogP contribution in [-0.4, -0.2) is 32.1 Å². The number of esters is 1. The molecule has 0 aliphatic carbocycles. The standard InChI is InChI=1S/C21H20N2O7S/c1-13-4-5-14(2)18(10-13)31(26,27)30-17-8-6-16(7-9-17)21(25)28-12-20(24)22-19-11-15(3)29-23-19/h4-11H,12H2,1-3H3,(H,22,23,24). The number of carbonyl (C=O) groups is 2. The van der Waals surface area contributed by atoms with Gasteiger partial charge in [-0.15, -0.1) is 0 Å². The summed E-state index contributed by atoms with van der Waals surface area (Å²) in [7, 11) is -4.03. The molecule has 1 amide bonds. The number of carbonyl (C=O) groups excluding carboxylic acids is 2. The molecule has 0 aliphatic heterocycles. The number of rotatable bonds is 7. The van der Waals surface area contributed by atoms with E-state index in [1.807, 2.05) is 6.07 Å². The maximum absolute atomic E-state index is 12.6. The van der Waals surface area contributed by atoms with Gasteiger partial charge >= 0.3 is 16.1 Å². The molecule has 3 rings (SSSR count). The average molecular weight is 444 g/mol. The van der Waals surface area contributed by atoms with Crippen molar-refractivity contribution in [1.29, 1.82) is 0 Å². The lowest BCUT2D eigenvalue weighted by Gasteiger charge is -2.10. The van der Waals surface area contributed by atoms with Gasteiger partial charge < -0.3 is 18.8 Å². The van der Waals surface area contributed by atoms with Crippen LogP contribution in [0.25, 0.3) is 0 Å². The fourth-order valence-electron chi connectivity index (χ4n) is 2.61. The lowest BCUT2D eigenvalue weighted by atomic mass is 10.2. The van der Waals surface area contributed by atoms with Crippen LogP contribution >= 0.6 is 0 Å². The maximum Gasteiger partial charge on any atom is 0.339 e. The van der Waals surface area contributed by atoms with Crippen molar-refractivity contribution < 1.29 is 31.4 Å². The molecule has 9 nitrogen and oxygen atoms in total. The van der Waals surface area contributed by atoms with E-state index >= 15 is 0 Å². The van der Waals surface area contributed by atoms with Crippen molar-refractivity contribution >= 4 is 27.8 Å². The van der Waals surface area contributed by atoms with Crippen molar-refractivity contribution in [2.45, 2.75) is 25.7 Å². The van der Waals surface area contributed by atoms with Crippen LogP contribution in [0.2, 0.25) is 0 Å². The van der Waals surface area contributed by atoms with E-state index in [-0.39, 0.29) is 22.0 Å². The van der Waals surface area contributed by atoms with Crippen molar-refractivity contribution in [3.8, 4) is 5.75 Å². The molecule has 0 unspecified atom stereocenters. The number of aryl methyl sites for hydroxylation is 3. The molecule has 0 atom stereocenters. The molecule has 0 spiro atoms. The molecular formula is C21H20N2O7S. The van der Waals surface area contributed by atoms with Gasteiger partial charge in [0.2, 0.25) is 0 Å². The summed E-state index contributed by atoms with van der Waals surface area (Å²) in [5.41, 5.74) is 1.47. The minimum atomic E-state index is -4.03. The van der Waals surface area contributed by atoms with Crippen LogP contribution < -0.4 is 9.50 Å². The van der Waals surface area contributed by atoms with Crippen LogP contribution in [0.15, 0.2) is 57.9 Å². The van der Waals surface area contributed by atoms with Crippen LogP contribution in [0.1, 0.15) is 27.2 Å². The minimum absolute atomic E-state index is 0.0385. The van der Waals surface area contributed by atoms with E-state index in [1.54, 1.807) is 26.8 Å². The lowest BCUT2D eigenvalue weighted by Crippen LogP contribution is -2.21. The largest absolute Gasteiger partial charge is 0.452 e. The van der Waals surface area contributed by atoms with Crippen LogP contribution in [0.5, 0.6) is 5.75 Å². The second-order valence-corrected chi connectivity index (χ2v) is 8.29. The Morgan fingerprint density at radius 3 is 2.39 bits per heavy atom. The second kappa shape index (κ2) is 9.00. The number of nitrogens with one attached hydrogen (secondary N) is 1. The molecule has 3 aromatic rings. The predicted molar refractivity (Wildman–Crippen MR) is 110 cm³/mol. The third-order valence-corrected chi connectivity index (χ3v) is 5.53. The highest BCUT2D eigenvalue weighted by molar-refractivity contribution is 7.87. The average Bonchev–Trinajstić information content (AvgIpc) is 3.12. The van der Waals surface area contributed by atoms with Gasteiger partial charge in [0, 0.05) is 6.07 Å². The van der Waals surface area contributed by atoms with Crippen LogP contribution in [-0.2, 0) is 19.6 Å². The first-order valence-corrected chi connectivity index (χ1v) is 10.6. The fraction of sp³-hybridized carbons (Fsp3) is 0.190. The van der Waals surface area contributed by atoms with Gasteiger partial charge in [-0.25, -0.2) is 4.79 Å². The number of hydrogen-bond acceptors (Lipinski definition) is 8. The Balaban J connectivity index is 1.59. The molecule has 0 bridgehead atoms. The number of nitrogens with zero attached hydrogens (tertiary/aromatic N) is 1. The molecule has 1 heterocycles. The van der Waals surface area contributed by atoms with Gasteiger partial charge in [0.1, 0.15) is 16.4 Å². The van der Waals surface area contributed by atoms with E-state index in [2.05, 4.69) is 10.5 Å². The van der Waals surface area contributed by atoms with E-state index in [4.69, 9.17) is 13.4 Å². The molecule has 0 saturated carbocycles. The van der Waals surface area contributed by atoms with Crippen LogP contribution in [0, 0.1) is 20.8 Å². The zero-order valence-corrected chi connectivity index (χ0v) is 17.9. The van der Waals surface area contributed by atoms with Crippen molar-refractivity contribution in [3.05, 3.63) is 71.0 Å². The molecule has 2 aromatic carbocycles. The molecule has 0 saturated heterocycles. The van der Waals surface area contributed by atoms with Crippen molar-refractivity contribution in [1.82, 2.24) is 5.16 Å². The molecule has 1 N–H and O–H groups in total. The normalized spacial score (nSPS) is 11.1. The number of anilines is 1. The number of aromatic nitrogens is 1. The molecule has 10 heteroatoms. The molecule has 0 radical (unpaired) electrons. The SMILES string of the molecule is Cc1ccc(C)c(S(=O)(=O)Oc2ccc(C(=O)OCC(=O)Nc3cc(C)on3)cc2)c1. The number of ether oxygens (including phenoxy) is 1. The first-order chi connectivity index (χ1) is 14.6. The molecule has 1 aromatic heterocycles. The lowest BCUT2D eigenvalue weighted by molar-refractivity contribution is -0.119. The van der Waals surface area contributed by atoms with Gasteiger partial charge in [0.05, 0.1) is 5.56 Å². The topological polar surface area (TPSA) is 125 Å². The van der Waals surface area contributed by atoms with E-state index in [0.717, 1.165) is 5.56 Å². The van der Waals surface area contributed by atoms with Gasteiger partial charge in [-0.3, -0.25) is 4.79 Å². The third kappa shape index (κ3) is 5.70. The highest BCUT2D eigenvalue weighted by atomic mass is 32.2. The summed E-state index contributed by atoms with van der Waals surface area (Å²) in [4.78, 5) is 24.0. The van der Waals surface area contributed by atoms with Gasteiger partial charge in [0.25, 0.3) is 5.91 Å². The quantitative estimate of drug-likeness (QED) is 0.435. The summed E-state index contributed by atoms with van der Waals surface area (Å²) in [6.45, 7) is 4.61. The maximum atomic E-state index is 12.6. The van der Waals surface area contributed by atoms with Crippen LogP contribution in [0.4, 0.5) is 5.82 Å². The Bertz CT molecular complexity index is 1210. The molecular weight excluding hydrogens is 424 g/mol. The van der Waals surface area contributed by atoms with Crippen LogP contribution in [0.3, 0.4) is 0 Å². The van der Waals surface area contributed by atoms with Crippen molar-refractivity contribution in [3.63, 3.8) is 0 Å². The first kappa shape index (κ1) is 22.0. The molecule has 31 heavy (non-hydrogen) atoms. The Hall–Kier alpha value is -3.66. The van der Waals surface area contributed by atoms with E-state index in [1.165, 1.54) is 36.4 Å². The monoisotopic (exact) mass is 444 g/mol. The summed E-state index contributed by atoms with van der Waals surface area (Å²) in [5.74, 6) is -0.562. The molecule has 162 valence electrons. The van der Waals surface area contributed by atoms with Gasteiger partial charge in [-0.1, -0.05) is 17.3 Å². The summed E-state index contributed by atoms with van der Waals surface area (Å²) >= 11 is 0. The smallest absolute Gasteiger partial charge is 0.339 e. The van der Waals surface area contributed by atoms with Gasteiger partial charge in [0.15, 0.2) is 12.4 Å². The Kier molecular flexibility index (Phi) is 6.40. The zero-order chi connectivity index (χ0) is 22.6. The van der Waals surface area contributed by atoms with Crippen molar-refractivity contribution in [2.75, 3.05) is 11.9 Å². The summed E-state index contributed by atoms with van der Waals surface area (Å²) in [6.07, 6.45) is 0. The molecule has 0 fully saturated rings. The molecule has 0 aliphatic rings. The van der Waals surface area contributed by atoms with Gasteiger partial charge in [-0.05, 0) is 62.2 Å². The van der Waals surface area contributed by atoms with E-state index in [0.29, 0.717) is 11.3 Å². The fourth-order valence-corrected chi connectivity index (χ4v) is 3.86. The summed E-state index contributed by atoms with van der Waals surface area (Å²) in [6, 6.07) is 11.9. The Morgan fingerprint density at radius 2 is 1.74 bits per heavy atom. The van der Waals surface area contributed by atoms with Gasteiger partial charge in [-0.2, -0.15) is 8.42 Å². The Morgan fingerprint density at radius 1 is 1.03 bits per heavy atom. The highest BCUT2D eigenvalue weighted by Crippen LogP contribution is 2.23. The number of benzene rings is 2. The van der Waals surface area contributed by atoms with Crippen molar-refractivity contribution in [2.24, 2.45) is 0 Å².